The molecule has 19 heavy (non-hydrogen) atoms. The van der Waals surface area contributed by atoms with Crippen LogP contribution in [-0.2, 0) is 4.79 Å². The van der Waals surface area contributed by atoms with Crippen LogP contribution in [0.4, 0.5) is 4.79 Å². The molecule has 0 spiro atoms. The number of nitrogens with zero attached hydrogens (tertiary/aromatic N) is 1. The number of benzene rings is 1. The first kappa shape index (κ1) is 13.1. The first-order chi connectivity index (χ1) is 8.86. The Morgan fingerprint density at radius 1 is 1.21 bits per heavy atom. The Morgan fingerprint density at radius 3 is 2.21 bits per heavy atom. The quantitative estimate of drug-likeness (QED) is 0.641. The van der Waals surface area contributed by atoms with Gasteiger partial charge in [0.2, 0.25) is 0 Å². The molecule has 1 heterocycles. The van der Waals surface area contributed by atoms with Crippen molar-refractivity contribution in [3.63, 3.8) is 0 Å². The van der Waals surface area contributed by atoms with Gasteiger partial charge in [-0.1, -0.05) is 0 Å². The van der Waals surface area contributed by atoms with Crippen molar-refractivity contribution in [2.24, 2.45) is 0 Å². The molecule has 100 valence electrons. The molecular weight excluding hydrogens is 248 g/mol. The Morgan fingerprint density at radius 2 is 1.79 bits per heavy atom. The third-order valence-electron chi connectivity index (χ3n) is 2.90. The van der Waals surface area contributed by atoms with E-state index < -0.39 is 23.4 Å². The summed E-state index contributed by atoms with van der Waals surface area (Å²) in [6.07, 6.45) is 0. The highest BCUT2D eigenvalue weighted by molar-refractivity contribution is 6.21. The predicted octanol–water partition coefficient (Wildman–Crippen LogP) is 1.17. The summed E-state index contributed by atoms with van der Waals surface area (Å²) in [6.45, 7) is 3.10. The van der Waals surface area contributed by atoms with Crippen LogP contribution in [-0.4, -0.2) is 35.4 Å². The zero-order chi connectivity index (χ0) is 14.2. The lowest BCUT2D eigenvalue weighted by Crippen LogP contribution is -2.41. The molecular formula is C13H14N2O4. The van der Waals surface area contributed by atoms with Gasteiger partial charge in [0.15, 0.2) is 0 Å². The molecule has 0 aromatic heterocycles. The second-order valence-electron chi connectivity index (χ2n) is 4.73. The van der Waals surface area contributed by atoms with Crippen LogP contribution in [0.5, 0.6) is 5.75 Å². The second kappa shape index (κ2) is 4.38. The third kappa shape index (κ3) is 2.16. The Hall–Kier alpha value is -2.37. The van der Waals surface area contributed by atoms with Crippen LogP contribution in [0.1, 0.15) is 24.2 Å². The fourth-order valence-electron chi connectivity index (χ4n) is 1.80. The molecule has 0 unspecified atom stereocenters. The molecule has 1 N–H and O–H groups in total. The number of hydrogen-bond acceptors (Lipinski definition) is 4. The van der Waals surface area contributed by atoms with Crippen LogP contribution in [0, 0.1) is 0 Å². The van der Waals surface area contributed by atoms with Crippen molar-refractivity contribution in [1.82, 2.24) is 10.2 Å². The third-order valence-corrected chi connectivity index (χ3v) is 2.90. The van der Waals surface area contributed by atoms with Gasteiger partial charge in [-0.05, 0) is 38.1 Å². The highest BCUT2D eigenvalue weighted by Crippen LogP contribution is 2.20. The zero-order valence-corrected chi connectivity index (χ0v) is 10.9. The Kier molecular flexibility index (Phi) is 3.01. The standard InChI is InChI=1S/C13H14N2O4/c1-13(2)11(17)15(12(18)14-13)10(16)8-4-6-9(19-3)7-5-8/h4-7H,1-3H3,(H,14,18). The second-order valence-corrected chi connectivity index (χ2v) is 4.73. The van der Waals surface area contributed by atoms with E-state index in [9.17, 15) is 14.4 Å². The number of imide groups is 3. The number of nitrogens with one attached hydrogen (secondary N) is 1. The molecule has 6 heteroatoms. The summed E-state index contributed by atoms with van der Waals surface area (Å²) in [7, 11) is 1.51. The zero-order valence-electron chi connectivity index (χ0n) is 10.9. The predicted molar refractivity (Wildman–Crippen MR) is 66.8 cm³/mol. The Bertz CT molecular complexity index is 548. The first-order valence-corrected chi connectivity index (χ1v) is 5.72. The summed E-state index contributed by atoms with van der Waals surface area (Å²) < 4.78 is 4.98. The van der Waals surface area contributed by atoms with E-state index in [0.717, 1.165) is 0 Å². The summed E-state index contributed by atoms with van der Waals surface area (Å²) in [5.74, 6) is -0.608. The molecule has 0 bridgehead atoms. The van der Waals surface area contributed by atoms with Gasteiger partial charge in [-0.25, -0.2) is 4.79 Å². The summed E-state index contributed by atoms with van der Waals surface area (Å²) in [5.41, 5.74) is -0.804. The van der Waals surface area contributed by atoms with Crippen molar-refractivity contribution in [1.29, 1.82) is 0 Å². The molecule has 4 amide bonds. The molecule has 0 atom stereocenters. The molecule has 1 fully saturated rings. The number of rotatable bonds is 2. The maximum absolute atomic E-state index is 12.2. The van der Waals surface area contributed by atoms with Gasteiger partial charge in [0.05, 0.1) is 7.11 Å². The van der Waals surface area contributed by atoms with Crippen LogP contribution < -0.4 is 10.1 Å². The summed E-state index contributed by atoms with van der Waals surface area (Å²) >= 11 is 0. The Labute approximate surface area is 110 Å². The number of urea groups is 1. The van der Waals surface area contributed by atoms with Gasteiger partial charge in [-0.2, -0.15) is 4.90 Å². The molecule has 1 aromatic rings. The van der Waals surface area contributed by atoms with E-state index in [2.05, 4.69) is 5.32 Å². The minimum atomic E-state index is -1.06. The first-order valence-electron chi connectivity index (χ1n) is 5.72. The van der Waals surface area contributed by atoms with Crippen molar-refractivity contribution in [2.45, 2.75) is 19.4 Å². The maximum atomic E-state index is 12.2. The van der Waals surface area contributed by atoms with Gasteiger partial charge in [0.1, 0.15) is 11.3 Å². The molecule has 1 aliphatic heterocycles. The number of methoxy groups -OCH3 is 1. The van der Waals surface area contributed by atoms with Crippen LogP contribution in [0.2, 0.25) is 0 Å². The molecule has 6 nitrogen and oxygen atoms in total. The van der Waals surface area contributed by atoms with E-state index in [0.29, 0.717) is 10.6 Å². The number of hydrogen-bond donors (Lipinski definition) is 1. The number of carbonyl (C=O) groups excluding carboxylic acids is 3. The van der Waals surface area contributed by atoms with Gasteiger partial charge >= 0.3 is 6.03 Å². The number of amides is 4. The minimum absolute atomic E-state index is 0.252. The average molecular weight is 262 g/mol. The highest BCUT2D eigenvalue weighted by Gasteiger charge is 2.47. The molecule has 1 saturated heterocycles. The lowest BCUT2D eigenvalue weighted by atomic mass is 10.1. The van der Waals surface area contributed by atoms with Crippen molar-refractivity contribution >= 4 is 17.8 Å². The summed E-state index contributed by atoms with van der Waals surface area (Å²) in [6, 6.07) is 5.50. The van der Waals surface area contributed by atoms with E-state index in [1.807, 2.05) is 0 Å². The number of carbonyl (C=O) groups is 3. The van der Waals surface area contributed by atoms with Gasteiger partial charge in [-0.15, -0.1) is 0 Å². The summed E-state index contributed by atoms with van der Waals surface area (Å²) in [4.78, 5) is 36.4. The SMILES string of the molecule is COc1ccc(C(=O)N2C(=O)NC(C)(C)C2=O)cc1. The van der Waals surface area contributed by atoms with Crippen LogP contribution >= 0.6 is 0 Å². The normalized spacial score (nSPS) is 17.3. The molecule has 2 rings (SSSR count). The van der Waals surface area contributed by atoms with Gasteiger partial charge in [0.25, 0.3) is 11.8 Å². The van der Waals surface area contributed by atoms with E-state index in [1.165, 1.54) is 19.2 Å². The summed E-state index contributed by atoms with van der Waals surface area (Å²) in [5, 5.41) is 2.46. The fraction of sp³-hybridized carbons (Fsp3) is 0.308. The van der Waals surface area contributed by atoms with Crippen molar-refractivity contribution in [3.8, 4) is 5.75 Å². The van der Waals surface area contributed by atoms with E-state index >= 15 is 0 Å². The van der Waals surface area contributed by atoms with Gasteiger partial charge < -0.3 is 10.1 Å². The van der Waals surface area contributed by atoms with Crippen molar-refractivity contribution in [3.05, 3.63) is 29.8 Å². The fourth-order valence-corrected chi connectivity index (χ4v) is 1.80. The van der Waals surface area contributed by atoms with E-state index in [-0.39, 0.29) is 5.56 Å². The van der Waals surface area contributed by atoms with Crippen molar-refractivity contribution < 1.29 is 19.1 Å². The van der Waals surface area contributed by atoms with Crippen LogP contribution in [0.15, 0.2) is 24.3 Å². The average Bonchev–Trinajstić information content (AvgIpc) is 2.58. The maximum Gasteiger partial charge on any atom is 0.332 e. The topological polar surface area (TPSA) is 75.7 Å². The lowest BCUT2D eigenvalue weighted by molar-refractivity contribution is -0.128. The Balaban J connectivity index is 2.29. The van der Waals surface area contributed by atoms with Crippen LogP contribution in [0.25, 0.3) is 0 Å². The van der Waals surface area contributed by atoms with Gasteiger partial charge in [-0.3, -0.25) is 9.59 Å². The number of ether oxygens (including phenoxy) is 1. The smallest absolute Gasteiger partial charge is 0.332 e. The largest absolute Gasteiger partial charge is 0.497 e. The molecule has 1 aromatic carbocycles. The lowest BCUT2D eigenvalue weighted by Gasteiger charge is -2.14. The highest BCUT2D eigenvalue weighted by atomic mass is 16.5. The van der Waals surface area contributed by atoms with Crippen LogP contribution in [0.3, 0.4) is 0 Å². The minimum Gasteiger partial charge on any atom is -0.497 e. The van der Waals surface area contributed by atoms with Gasteiger partial charge in [0, 0.05) is 5.56 Å². The van der Waals surface area contributed by atoms with E-state index in [1.54, 1.807) is 26.0 Å². The molecule has 0 radical (unpaired) electrons. The molecule has 1 aliphatic rings. The van der Waals surface area contributed by atoms with E-state index in [4.69, 9.17) is 4.74 Å². The molecule has 0 saturated carbocycles. The monoisotopic (exact) mass is 262 g/mol. The molecule has 0 aliphatic carbocycles. The van der Waals surface area contributed by atoms with Crippen molar-refractivity contribution in [2.75, 3.05) is 7.11 Å².